The molecule has 3 rings (SSSR count). The zero-order valence-electron chi connectivity index (χ0n) is 13.1. The highest BCUT2D eigenvalue weighted by Crippen LogP contribution is 2.41. The van der Waals surface area contributed by atoms with E-state index < -0.39 is 54.6 Å². The summed E-state index contributed by atoms with van der Waals surface area (Å²) in [5, 5.41) is 29.6. The third-order valence-corrected chi connectivity index (χ3v) is 4.12. The molecule has 1 unspecified atom stereocenters. The normalized spacial score (nSPS) is 39.9. The van der Waals surface area contributed by atoms with E-state index in [2.05, 4.69) is 19.7 Å². The first-order valence-electron chi connectivity index (χ1n) is 7.17. The highest BCUT2D eigenvalue weighted by Gasteiger charge is 2.65. The average Bonchev–Trinajstić information content (AvgIpc) is 2.95. The summed E-state index contributed by atoms with van der Waals surface area (Å²) in [5.41, 5.74) is 3.71. The van der Waals surface area contributed by atoms with Gasteiger partial charge in [0.15, 0.2) is 17.6 Å². The van der Waals surface area contributed by atoms with Crippen molar-refractivity contribution in [2.45, 2.75) is 43.0 Å². The smallest absolute Gasteiger partial charge is 0.394 e. The number of ether oxygens (including phenoxy) is 2. The number of fused-ring (bicyclic) bond motifs is 1. The van der Waals surface area contributed by atoms with Crippen molar-refractivity contribution in [2.24, 2.45) is 20.7 Å². The zero-order chi connectivity index (χ0) is 19.5. The Labute approximate surface area is 143 Å². The van der Waals surface area contributed by atoms with Crippen LogP contribution in [0, 0.1) is 0 Å². The number of aliphatic imine (C=N–C) groups is 3. The predicted molar refractivity (Wildman–Crippen MR) is 76.6 cm³/mol. The standard InChI is InChI=1S/C12H14F3N5O6/c1-10-6(18-9(16)19-7(10)23)20(3-17-10)8-11(24,26-12(13,14)15)5(22)4(2-21)25-8/h3-5,8,21-22,24H,2H2,1H3,(H2,16,19,23)/t4-,5-,8-,10?,11+/m1/s1. The van der Waals surface area contributed by atoms with Crippen molar-refractivity contribution in [1.82, 2.24) is 4.90 Å². The second-order valence-electron chi connectivity index (χ2n) is 5.89. The molecule has 0 aliphatic carbocycles. The lowest BCUT2D eigenvalue weighted by Crippen LogP contribution is -2.61. The molecule has 0 aromatic rings. The number of carbonyl (C=O) groups is 1. The summed E-state index contributed by atoms with van der Waals surface area (Å²) >= 11 is 0. The third kappa shape index (κ3) is 2.66. The highest BCUT2D eigenvalue weighted by molar-refractivity contribution is 6.25. The van der Waals surface area contributed by atoms with Crippen LogP contribution in [0.15, 0.2) is 15.0 Å². The molecule has 1 amide bonds. The van der Waals surface area contributed by atoms with Crippen molar-refractivity contribution in [1.29, 1.82) is 0 Å². The summed E-state index contributed by atoms with van der Waals surface area (Å²) in [6, 6.07) is 0. The van der Waals surface area contributed by atoms with E-state index in [4.69, 9.17) is 10.5 Å². The molecular weight excluding hydrogens is 367 g/mol. The molecule has 0 saturated carbocycles. The van der Waals surface area contributed by atoms with Crippen LogP contribution in [0.5, 0.6) is 0 Å². The molecular formula is C12H14F3N5O6. The van der Waals surface area contributed by atoms with E-state index in [1.807, 2.05) is 0 Å². The van der Waals surface area contributed by atoms with Crippen molar-refractivity contribution in [2.75, 3.05) is 6.61 Å². The minimum atomic E-state index is -5.35. The Bertz CT molecular complexity index is 727. The van der Waals surface area contributed by atoms with Crippen molar-refractivity contribution < 1.29 is 42.8 Å². The molecule has 11 nitrogen and oxygen atoms in total. The molecule has 0 aromatic heterocycles. The molecule has 5 atom stereocenters. The van der Waals surface area contributed by atoms with Gasteiger partial charge in [-0.1, -0.05) is 0 Å². The number of guanidine groups is 1. The van der Waals surface area contributed by atoms with Crippen LogP contribution < -0.4 is 5.73 Å². The quantitative estimate of drug-likeness (QED) is 0.395. The third-order valence-electron chi connectivity index (χ3n) is 4.12. The maximum Gasteiger partial charge on any atom is 0.525 e. The van der Waals surface area contributed by atoms with Crippen molar-refractivity contribution in [3.63, 3.8) is 0 Å². The monoisotopic (exact) mass is 381 g/mol. The molecule has 144 valence electrons. The second kappa shape index (κ2) is 5.68. The average molecular weight is 381 g/mol. The van der Waals surface area contributed by atoms with Gasteiger partial charge in [0.2, 0.25) is 11.7 Å². The van der Waals surface area contributed by atoms with Crippen LogP contribution in [0.1, 0.15) is 6.92 Å². The lowest BCUT2D eigenvalue weighted by atomic mass is 9.99. The number of nitrogens with zero attached hydrogens (tertiary/aromatic N) is 4. The Balaban J connectivity index is 2.03. The van der Waals surface area contributed by atoms with E-state index in [0.717, 1.165) is 11.2 Å². The number of rotatable bonds is 3. The van der Waals surface area contributed by atoms with Gasteiger partial charge in [-0.15, -0.1) is 13.2 Å². The van der Waals surface area contributed by atoms with Crippen LogP contribution in [0.25, 0.3) is 0 Å². The van der Waals surface area contributed by atoms with Gasteiger partial charge in [0.05, 0.1) is 12.9 Å². The van der Waals surface area contributed by atoms with Gasteiger partial charge in [0, 0.05) is 0 Å². The number of aliphatic hydroxyl groups is 3. The molecule has 3 aliphatic heterocycles. The number of hydrogen-bond acceptors (Lipinski definition) is 10. The van der Waals surface area contributed by atoms with E-state index in [0.29, 0.717) is 0 Å². The van der Waals surface area contributed by atoms with Crippen LogP contribution in [-0.2, 0) is 14.3 Å². The van der Waals surface area contributed by atoms with Gasteiger partial charge < -0.3 is 25.8 Å². The summed E-state index contributed by atoms with van der Waals surface area (Å²) in [6.45, 7) is 0.359. The van der Waals surface area contributed by atoms with Crippen LogP contribution in [0.3, 0.4) is 0 Å². The Morgan fingerprint density at radius 3 is 2.69 bits per heavy atom. The van der Waals surface area contributed by atoms with Crippen molar-refractivity contribution in [3.8, 4) is 0 Å². The fourth-order valence-corrected chi connectivity index (χ4v) is 2.83. The number of carbonyl (C=O) groups excluding carboxylic acids is 1. The summed E-state index contributed by atoms with van der Waals surface area (Å²) in [7, 11) is 0. The molecule has 3 aliphatic rings. The SMILES string of the molecule is CC12N=CN([C@@H]3O[C@H](CO)[C@@H](O)[C@]3(O)OC(F)(F)F)C1=NC(N)=NC2=O. The minimum Gasteiger partial charge on any atom is -0.394 e. The molecule has 0 aromatic carbocycles. The van der Waals surface area contributed by atoms with Gasteiger partial charge in [-0.2, -0.15) is 9.98 Å². The summed E-state index contributed by atoms with van der Waals surface area (Å²) in [4.78, 5) is 23.9. The van der Waals surface area contributed by atoms with Gasteiger partial charge >= 0.3 is 6.36 Å². The zero-order valence-corrected chi connectivity index (χ0v) is 13.1. The van der Waals surface area contributed by atoms with E-state index in [1.54, 1.807) is 0 Å². The van der Waals surface area contributed by atoms with E-state index in [1.165, 1.54) is 6.92 Å². The second-order valence-corrected chi connectivity index (χ2v) is 5.89. The number of halogens is 3. The molecule has 3 heterocycles. The summed E-state index contributed by atoms with van der Waals surface area (Å²) < 4.78 is 47.1. The minimum absolute atomic E-state index is 0.282. The van der Waals surface area contributed by atoms with Crippen molar-refractivity contribution >= 4 is 24.0 Å². The van der Waals surface area contributed by atoms with Crippen LogP contribution in [0.2, 0.25) is 0 Å². The molecule has 0 radical (unpaired) electrons. The molecule has 0 bridgehead atoms. The van der Waals surface area contributed by atoms with Gasteiger partial charge in [-0.3, -0.25) is 19.4 Å². The fourth-order valence-electron chi connectivity index (χ4n) is 2.83. The van der Waals surface area contributed by atoms with Gasteiger partial charge in [-0.05, 0) is 6.92 Å². The number of amidine groups is 1. The molecule has 1 saturated heterocycles. The molecule has 0 spiro atoms. The first kappa shape index (κ1) is 18.7. The number of hydrogen-bond donors (Lipinski definition) is 4. The Morgan fingerprint density at radius 1 is 1.46 bits per heavy atom. The van der Waals surface area contributed by atoms with Crippen LogP contribution in [-0.4, -0.2) is 87.0 Å². The lowest BCUT2D eigenvalue weighted by Gasteiger charge is -2.36. The van der Waals surface area contributed by atoms with Crippen molar-refractivity contribution in [3.05, 3.63) is 0 Å². The topological polar surface area (TPSA) is 163 Å². The largest absolute Gasteiger partial charge is 0.525 e. The summed E-state index contributed by atoms with van der Waals surface area (Å²) in [6.07, 6.45) is -10.4. The first-order valence-corrected chi connectivity index (χ1v) is 7.17. The maximum absolute atomic E-state index is 12.8. The van der Waals surface area contributed by atoms with Crippen LogP contribution >= 0.6 is 0 Å². The Hall–Kier alpha value is -2.13. The van der Waals surface area contributed by atoms with Gasteiger partial charge in [0.1, 0.15) is 12.2 Å². The number of amides is 1. The lowest BCUT2D eigenvalue weighted by molar-refractivity contribution is -0.431. The molecule has 26 heavy (non-hydrogen) atoms. The number of aliphatic hydroxyl groups excluding tert-OH is 2. The first-order chi connectivity index (χ1) is 11.9. The predicted octanol–water partition coefficient (Wildman–Crippen LogP) is -2.35. The fraction of sp³-hybridized carbons (Fsp3) is 0.667. The summed E-state index contributed by atoms with van der Waals surface area (Å²) in [5.74, 6) is -4.94. The van der Waals surface area contributed by atoms with E-state index >= 15 is 0 Å². The van der Waals surface area contributed by atoms with Gasteiger partial charge in [-0.25, -0.2) is 0 Å². The Morgan fingerprint density at radius 2 is 2.12 bits per heavy atom. The molecule has 1 fully saturated rings. The van der Waals surface area contributed by atoms with Crippen LogP contribution in [0.4, 0.5) is 13.2 Å². The molecule has 5 N–H and O–H groups in total. The number of alkyl halides is 3. The maximum atomic E-state index is 12.8. The molecule has 14 heteroatoms. The van der Waals surface area contributed by atoms with E-state index in [-0.39, 0.29) is 5.84 Å². The number of nitrogens with two attached hydrogens (primary N) is 1. The highest BCUT2D eigenvalue weighted by atomic mass is 19.4. The Kier molecular flexibility index (Phi) is 4.08. The van der Waals surface area contributed by atoms with Gasteiger partial charge in [0.25, 0.3) is 5.91 Å². The van der Waals surface area contributed by atoms with E-state index in [9.17, 15) is 33.3 Å².